The molecule has 234 valence electrons. The average molecular weight is 613 g/mol. The van der Waals surface area contributed by atoms with Gasteiger partial charge in [0.1, 0.15) is 30.3 Å². The van der Waals surface area contributed by atoms with Crippen molar-refractivity contribution in [2.24, 2.45) is 0 Å². The maximum Gasteiger partial charge on any atom is 0.303 e. The second-order valence-electron chi connectivity index (χ2n) is 9.80. The quantitative estimate of drug-likeness (QED) is 0.257. The van der Waals surface area contributed by atoms with Gasteiger partial charge in [-0.25, -0.2) is 9.67 Å². The van der Waals surface area contributed by atoms with Gasteiger partial charge in [-0.15, -0.1) is 5.10 Å². The molecule has 44 heavy (non-hydrogen) atoms. The summed E-state index contributed by atoms with van der Waals surface area (Å²) in [4.78, 5) is 52.5. The Bertz CT molecular complexity index is 1500. The van der Waals surface area contributed by atoms with Gasteiger partial charge in [-0.05, 0) is 5.56 Å². The lowest BCUT2D eigenvalue weighted by atomic mass is 9.97. The Morgan fingerprint density at radius 1 is 0.886 bits per heavy atom. The zero-order valence-electron chi connectivity index (χ0n) is 24.6. The summed E-state index contributed by atoms with van der Waals surface area (Å²) in [6.07, 6.45) is -6.17. The third kappa shape index (κ3) is 7.73. The van der Waals surface area contributed by atoms with Gasteiger partial charge in [0, 0.05) is 39.8 Å². The van der Waals surface area contributed by atoms with Crippen LogP contribution in [0.4, 0.5) is 0 Å². The van der Waals surface area contributed by atoms with Crippen molar-refractivity contribution in [3.05, 3.63) is 59.9 Å². The Hall–Kier alpha value is -4.89. The number of pyridine rings is 1. The maximum atomic E-state index is 12.2. The fourth-order valence-electron chi connectivity index (χ4n) is 4.66. The van der Waals surface area contributed by atoms with Crippen molar-refractivity contribution in [1.82, 2.24) is 20.0 Å². The molecular weight excluding hydrogens is 580 g/mol. The van der Waals surface area contributed by atoms with Crippen molar-refractivity contribution in [2.75, 3.05) is 13.7 Å². The number of ether oxygens (including phenoxy) is 6. The molecule has 1 fully saturated rings. The Morgan fingerprint density at radius 2 is 1.52 bits per heavy atom. The van der Waals surface area contributed by atoms with E-state index < -0.39 is 67.2 Å². The minimum atomic E-state index is -1.38. The standard InChI is InChI=1S/C29H32N4O11/c1-15(34)40-14-24-26(41-16(2)35)27(42-17(3)36)28(43-18(4)37)29(44-24)33-13-23(31-32-33)21-11-20(39-5)12-22(30-21)25(38)19-9-7-6-8-10-19/h6-13,24-29,38H,14H2,1-5H3/t24-,25-,26-,27+,28-,29+/m1/s1. The SMILES string of the molecule is COc1cc(-c2cn([C@H]3O[C@H](COC(C)=O)[C@@H](OC(C)=O)[C@H](OC(C)=O)[C@H]3OC(C)=O)nn2)nc([C@H](O)c2ccccc2)c1. The molecule has 0 spiro atoms. The number of aliphatic hydroxyl groups is 1. The number of benzene rings is 1. The van der Waals surface area contributed by atoms with E-state index in [0.717, 1.165) is 20.8 Å². The molecule has 0 bridgehead atoms. The lowest BCUT2D eigenvalue weighted by Gasteiger charge is -2.44. The second kappa shape index (κ2) is 14.1. The molecule has 15 heteroatoms. The number of hydrogen-bond donors (Lipinski definition) is 1. The molecule has 6 atom stereocenters. The van der Waals surface area contributed by atoms with Crippen LogP contribution in [0.15, 0.2) is 48.7 Å². The molecule has 15 nitrogen and oxygen atoms in total. The summed E-state index contributed by atoms with van der Waals surface area (Å²) < 4.78 is 34.3. The lowest BCUT2D eigenvalue weighted by molar-refractivity contribution is -0.270. The Morgan fingerprint density at radius 3 is 2.14 bits per heavy atom. The maximum absolute atomic E-state index is 12.2. The Labute approximate surface area is 252 Å². The molecule has 1 aliphatic rings. The Kier molecular flexibility index (Phi) is 10.2. The van der Waals surface area contributed by atoms with E-state index in [9.17, 15) is 24.3 Å². The summed E-state index contributed by atoms with van der Waals surface area (Å²) in [6.45, 7) is 4.19. The monoisotopic (exact) mass is 612 g/mol. The summed E-state index contributed by atoms with van der Waals surface area (Å²) in [5, 5.41) is 19.3. The van der Waals surface area contributed by atoms with Crippen molar-refractivity contribution in [3.63, 3.8) is 0 Å². The van der Waals surface area contributed by atoms with Crippen LogP contribution in [0.3, 0.4) is 0 Å². The second-order valence-corrected chi connectivity index (χ2v) is 9.80. The van der Waals surface area contributed by atoms with Crippen LogP contribution in [0.5, 0.6) is 5.75 Å². The number of rotatable bonds is 10. The topological polar surface area (TPSA) is 187 Å². The van der Waals surface area contributed by atoms with E-state index >= 15 is 0 Å². The van der Waals surface area contributed by atoms with Gasteiger partial charge in [-0.1, -0.05) is 35.5 Å². The minimum Gasteiger partial charge on any atom is -0.497 e. The van der Waals surface area contributed by atoms with E-state index in [0.29, 0.717) is 11.3 Å². The number of carbonyl (C=O) groups is 4. The molecule has 1 aliphatic heterocycles. The van der Waals surface area contributed by atoms with E-state index in [2.05, 4.69) is 15.3 Å². The molecule has 0 saturated carbocycles. The van der Waals surface area contributed by atoms with Crippen molar-refractivity contribution in [1.29, 1.82) is 0 Å². The largest absolute Gasteiger partial charge is 0.497 e. The molecule has 0 aliphatic carbocycles. The highest BCUT2D eigenvalue weighted by atomic mass is 16.7. The predicted molar refractivity (Wildman–Crippen MR) is 148 cm³/mol. The molecule has 1 saturated heterocycles. The highest BCUT2D eigenvalue weighted by Crippen LogP contribution is 2.35. The van der Waals surface area contributed by atoms with Crippen LogP contribution in [-0.2, 0) is 42.9 Å². The predicted octanol–water partition coefficient (Wildman–Crippen LogP) is 1.69. The summed E-state index contributed by atoms with van der Waals surface area (Å²) in [5.41, 5.74) is 1.40. The molecule has 3 aromatic rings. The molecule has 0 unspecified atom stereocenters. The van der Waals surface area contributed by atoms with E-state index in [1.165, 1.54) is 24.9 Å². The first-order chi connectivity index (χ1) is 21.0. The number of hydrogen-bond acceptors (Lipinski definition) is 14. The third-order valence-corrected chi connectivity index (χ3v) is 6.45. The lowest BCUT2D eigenvalue weighted by Crippen LogP contribution is -2.60. The summed E-state index contributed by atoms with van der Waals surface area (Å²) in [5.74, 6) is -2.51. The van der Waals surface area contributed by atoms with E-state index in [-0.39, 0.29) is 17.1 Å². The fourth-order valence-corrected chi connectivity index (χ4v) is 4.66. The van der Waals surface area contributed by atoms with Crippen LogP contribution in [0, 0.1) is 0 Å². The highest BCUT2D eigenvalue weighted by molar-refractivity contribution is 5.68. The minimum absolute atomic E-state index is 0.221. The first-order valence-corrected chi connectivity index (χ1v) is 13.5. The molecule has 0 amide bonds. The van der Waals surface area contributed by atoms with Crippen LogP contribution in [0.2, 0.25) is 0 Å². The number of methoxy groups -OCH3 is 1. The zero-order valence-corrected chi connectivity index (χ0v) is 24.6. The van der Waals surface area contributed by atoms with Gasteiger partial charge < -0.3 is 33.5 Å². The van der Waals surface area contributed by atoms with E-state index in [1.807, 2.05) is 6.07 Å². The zero-order chi connectivity index (χ0) is 32.0. The third-order valence-electron chi connectivity index (χ3n) is 6.45. The molecule has 1 aromatic carbocycles. The van der Waals surface area contributed by atoms with Gasteiger partial charge in [0.25, 0.3) is 0 Å². The number of carbonyl (C=O) groups excluding carboxylic acids is 4. The van der Waals surface area contributed by atoms with Crippen molar-refractivity contribution in [2.45, 2.75) is 64.4 Å². The Balaban J connectivity index is 1.75. The van der Waals surface area contributed by atoms with Gasteiger partial charge in [0.2, 0.25) is 0 Å². The van der Waals surface area contributed by atoms with Crippen LogP contribution < -0.4 is 4.74 Å². The van der Waals surface area contributed by atoms with Crippen molar-refractivity contribution >= 4 is 23.9 Å². The normalized spacial score (nSPS) is 21.9. The van der Waals surface area contributed by atoms with Crippen LogP contribution in [0.25, 0.3) is 11.4 Å². The van der Waals surface area contributed by atoms with Crippen LogP contribution >= 0.6 is 0 Å². The van der Waals surface area contributed by atoms with Gasteiger partial charge in [-0.2, -0.15) is 0 Å². The average Bonchev–Trinajstić information content (AvgIpc) is 3.47. The van der Waals surface area contributed by atoms with Gasteiger partial charge in [-0.3, -0.25) is 19.2 Å². The highest BCUT2D eigenvalue weighted by Gasteiger charge is 2.53. The summed E-state index contributed by atoms with van der Waals surface area (Å²) >= 11 is 0. The van der Waals surface area contributed by atoms with Gasteiger partial charge in [0.15, 0.2) is 24.5 Å². The molecule has 0 radical (unpaired) electrons. The van der Waals surface area contributed by atoms with E-state index in [4.69, 9.17) is 28.4 Å². The molecule has 2 aromatic heterocycles. The summed E-state index contributed by atoms with van der Waals surface area (Å²) in [6, 6.07) is 12.1. The van der Waals surface area contributed by atoms with Crippen LogP contribution in [-0.4, -0.2) is 87.1 Å². The van der Waals surface area contributed by atoms with Crippen molar-refractivity contribution < 1.29 is 52.7 Å². The number of nitrogens with zero attached hydrogens (tertiary/aromatic N) is 4. The molecule has 4 rings (SSSR count). The molecular formula is C29H32N4O11. The van der Waals surface area contributed by atoms with Crippen LogP contribution in [0.1, 0.15) is 51.3 Å². The molecule has 3 heterocycles. The van der Waals surface area contributed by atoms with E-state index in [1.54, 1.807) is 36.4 Å². The first kappa shape index (κ1) is 32.0. The smallest absolute Gasteiger partial charge is 0.303 e. The van der Waals surface area contributed by atoms with Gasteiger partial charge >= 0.3 is 23.9 Å². The first-order valence-electron chi connectivity index (χ1n) is 13.5. The number of aliphatic hydroxyl groups excluding tert-OH is 1. The fraction of sp³-hybridized carbons (Fsp3) is 0.414. The summed E-state index contributed by atoms with van der Waals surface area (Å²) in [7, 11) is 1.46. The number of aromatic nitrogens is 4. The van der Waals surface area contributed by atoms with Crippen molar-refractivity contribution in [3.8, 4) is 17.1 Å². The number of esters is 4. The van der Waals surface area contributed by atoms with Gasteiger partial charge in [0.05, 0.1) is 24.7 Å². The molecule has 1 N–H and O–H groups in total.